The number of carbonyl (C=O) groups excluding carboxylic acids is 1. The summed E-state index contributed by atoms with van der Waals surface area (Å²) >= 11 is 0. The highest BCUT2D eigenvalue weighted by Crippen LogP contribution is 2.29. The Bertz CT molecular complexity index is 915. The van der Waals surface area contributed by atoms with Crippen LogP contribution in [0.3, 0.4) is 0 Å². The van der Waals surface area contributed by atoms with Crippen LogP contribution in [0.25, 0.3) is 10.9 Å². The van der Waals surface area contributed by atoms with E-state index in [0.29, 0.717) is 23.2 Å². The Morgan fingerprint density at radius 3 is 2.80 bits per heavy atom. The fourth-order valence-electron chi connectivity index (χ4n) is 2.88. The van der Waals surface area contributed by atoms with E-state index in [1.54, 1.807) is 25.4 Å². The molecular formula is C19H20N4O2. The number of fused-ring (bicyclic) bond motifs is 1. The van der Waals surface area contributed by atoms with Gasteiger partial charge in [-0.3, -0.25) is 9.78 Å². The molecule has 6 nitrogen and oxygen atoms in total. The van der Waals surface area contributed by atoms with E-state index in [-0.39, 0.29) is 5.91 Å². The topological polar surface area (TPSA) is 79.0 Å². The van der Waals surface area contributed by atoms with Crippen LogP contribution < -0.4 is 15.4 Å². The zero-order valence-electron chi connectivity index (χ0n) is 14.0. The van der Waals surface area contributed by atoms with Crippen LogP contribution in [0.2, 0.25) is 0 Å². The maximum atomic E-state index is 11.7. The molecule has 1 saturated carbocycles. The van der Waals surface area contributed by atoms with Crippen molar-refractivity contribution in [3.05, 3.63) is 48.3 Å². The van der Waals surface area contributed by atoms with Gasteiger partial charge >= 0.3 is 0 Å². The van der Waals surface area contributed by atoms with E-state index < -0.39 is 0 Å². The summed E-state index contributed by atoms with van der Waals surface area (Å²) in [6, 6.07) is 12.0. The molecule has 128 valence electrons. The number of rotatable bonds is 5. The lowest BCUT2D eigenvalue weighted by Gasteiger charge is -2.26. The van der Waals surface area contributed by atoms with E-state index in [9.17, 15) is 4.79 Å². The first kappa shape index (κ1) is 15.5. The minimum Gasteiger partial charge on any atom is -0.457 e. The van der Waals surface area contributed by atoms with Gasteiger partial charge in [0.15, 0.2) is 0 Å². The molecule has 3 N–H and O–H groups in total. The van der Waals surface area contributed by atoms with Crippen molar-refractivity contribution in [1.29, 1.82) is 0 Å². The van der Waals surface area contributed by atoms with Crippen LogP contribution >= 0.6 is 0 Å². The molecule has 3 aromatic rings. The normalized spacial score (nSPS) is 14.1. The Labute approximate surface area is 145 Å². The standard InChI is InChI=1S/C19H20N4O2/c1-20-19(24)17-11-15(7-8-21-17)25-14-6-5-12-9-18(23-16(12)10-14)22-13-3-2-4-13/h5-11,13,22-23H,2-4H2,1H3,(H,20,24). The summed E-state index contributed by atoms with van der Waals surface area (Å²) in [5.41, 5.74) is 1.34. The van der Waals surface area contributed by atoms with Crippen LogP contribution in [0.1, 0.15) is 29.8 Å². The molecule has 0 radical (unpaired) electrons. The molecule has 0 aliphatic heterocycles. The summed E-state index contributed by atoms with van der Waals surface area (Å²) in [7, 11) is 1.58. The summed E-state index contributed by atoms with van der Waals surface area (Å²) in [6.45, 7) is 0. The Morgan fingerprint density at radius 2 is 2.04 bits per heavy atom. The molecule has 2 heterocycles. The monoisotopic (exact) mass is 336 g/mol. The number of H-pyrrole nitrogens is 1. The van der Waals surface area contributed by atoms with Gasteiger partial charge in [-0.25, -0.2) is 0 Å². The van der Waals surface area contributed by atoms with Crippen molar-refractivity contribution < 1.29 is 9.53 Å². The maximum absolute atomic E-state index is 11.7. The van der Waals surface area contributed by atoms with Crippen molar-refractivity contribution >= 4 is 22.6 Å². The minimum atomic E-state index is -0.239. The number of anilines is 1. The van der Waals surface area contributed by atoms with Crippen LogP contribution in [-0.2, 0) is 0 Å². The lowest BCUT2D eigenvalue weighted by molar-refractivity contribution is 0.0958. The van der Waals surface area contributed by atoms with Gasteiger partial charge in [0.05, 0.1) is 5.52 Å². The van der Waals surface area contributed by atoms with Gasteiger partial charge in [0, 0.05) is 36.8 Å². The van der Waals surface area contributed by atoms with E-state index >= 15 is 0 Å². The van der Waals surface area contributed by atoms with Gasteiger partial charge in [-0.15, -0.1) is 0 Å². The highest BCUT2D eigenvalue weighted by molar-refractivity contribution is 5.92. The lowest BCUT2D eigenvalue weighted by atomic mass is 9.93. The highest BCUT2D eigenvalue weighted by Gasteiger charge is 2.17. The molecule has 1 aromatic carbocycles. The van der Waals surface area contributed by atoms with E-state index in [4.69, 9.17) is 4.74 Å². The molecule has 0 saturated heterocycles. The van der Waals surface area contributed by atoms with Crippen molar-refractivity contribution in [2.45, 2.75) is 25.3 Å². The first-order valence-electron chi connectivity index (χ1n) is 8.46. The fraction of sp³-hybridized carbons (Fsp3) is 0.263. The van der Waals surface area contributed by atoms with Gasteiger partial charge in [-0.2, -0.15) is 0 Å². The van der Waals surface area contributed by atoms with E-state index in [2.05, 4.69) is 26.7 Å². The minimum absolute atomic E-state index is 0.239. The van der Waals surface area contributed by atoms with Crippen molar-refractivity contribution in [3.63, 3.8) is 0 Å². The number of aromatic amines is 1. The first-order valence-corrected chi connectivity index (χ1v) is 8.46. The van der Waals surface area contributed by atoms with Crippen LogP contribution in [0, 0.1) is 0 Å². The second-order valence-corrected chi connectivity index (χ2v) is 6.26. The Kier molecular flexibility index (Phi) is 4.01. The number of hydrogen-bond donors (Lipinski definition) is 3. The SMILES string of the molecule is CNC(=O)c1cc(Oc2ccc3cc(NC4CCC4)[nH]c3c2)ccn1. The smallest absolute Gasteiger partial charge is 0.269 e. The molecule has 0 unspecified atom stereocenters. The van der Waals surface area contributed by atoms with Gasteiger partial charge in [-0.1, -0.05) is 0 Å². The number of carbonyl (C=O) groups is 1. The second-order valence-electron chi connectivity index (χ2n) is 6.26. The third kappa shape index (κ3) is 3.28. The van der Waals surface area contributed by atoms with Crippen molar-refractivity contribution in [2.24, 2.45) is 0 Å². The molecule has 0 spiro atoms. The van der Waals surface area contributed by atoms with Crippen molar-refractivity contribution in [3.8, 4) is 11.5 Å². The number of hydrogen-bond acceptors (Lipinski definition) is 4. The summed E-state index contributed by atoms with van der Waals surface area (Å²) < 4.78 is 5.88. The summed E-state index contributed by atoms with van der Waals surface area (Å²) in [4.78, 5) is 19.1. The Hall–Kier alpha value is -3.02. The van der Waals surface area contributed by atoms with Gasteiger partial charge in [0.1, 0.15) is 23.0 Å². The molecule has 25 heavy (non-hydrogen) atoms. The highest BCUT2D eigenvalue weighted by atomic mass is 16.5. The zero-order valence-corrected chi connectivity index (χ0v) is 14.0. The second kappa shape index (κ2) is 6.47. The van der Waals surface area contributed by atoms with E-state index in [0.717, 1.165) is 16.7 Å². The van der Waals surface area contributed by atoms with Crippen molar-refractivity contribution in [1.82, 2.24) is 15.3 Å². The van der Waals surface area contributed by atoms with Gasteiger partial charge in [0.2, 0.25) is 0 Å². The molecule has 4 rings (SSSR count). The molecular weight excluding hydrogens is 316 g/mol. The zero-order chi connectivity index (χ0) is 17.2. The predicted octanol–water partition coefficient (Wildman–Crippen LogP) is 3.68. The quantitative estimate of drug-likeness (QED) is 0.664. The third-order valence-electron chi connectivity index (χ3n) is 4.49. The molecule has 0 bridgehead atoms. The van der Waals surface area contributed by atoms with Gasteiger partial charge < -0.3 is 20.4 Å². The Morgan fingerprint density at radius 1 is 1.20 bits per heavy atom. The average Bonchev–Trinajstić information content (AvgIpc) is 2.99. The van der Waals surface area contributed by atoms with Gasteiger partial charge in [0.25, 0.3) is 5.91 Å². The first-order chi connectivity index (χ1) is 12.2. The number of pyridine rings is 1. The average molecular weight is 336 g/mol. The van der Waals surface area contributed by atoms with Crippen LogP contribution in [0.15, 0.2) is 42.6 Å². The molecule has 1 aliphatic rings. The number of ether oxygens (including phenoxy) is 1. The molecule has 6 heteroatoms. The molecule has 1 amide bonds. The number of aromatic nitrogens is 2. The van der Waals surface area contributed by atoms with Crippen LogP contribution in [0.4, 0.5) is 5.82 Å². The van der Waals surface area contributed by atoms with E-state index in [1.807, 2.05) is 18.2 Å². The van der Waals surface area contributed by atoms with Gasteiger partial charge in [-0.05, 0) is 43.5 Å². The number of amides is 1. The van der Waals surface area contributed by atoms with Crippen LogP contribution in [0.5, 0.6) is 11.5 Å². The molecule has 1 aliphatic carbocycles. The maximum Gasteiger partial charge on any atom is 0.269 e. The number of nitrogens with one attached hydrogen (secondary N) is 3. The van der Waals surface area contributed by atoms with Crippen molar-refractivity contribution in [2.75, 3.05) is 12.4 Å². The molecule has 2 aromatic heterocycles. The fourth-order valence-corrected chi connectivity index (χ4v) is 2.88. The lowest BCUT2D eigenvalue weighted by Crippen LogP contribution is -2.26. The predicted molar refractivity (Wildman–Crippen MR) is 97.3 cm³/mol. The van der Waals surface area contributed by atoms with E-state index in [1.165, 1.54) is 19.3 Å². The number of nitrogens with zero attached hydrogens (tertiary/aromatic N) is 1. The summed E-state index contributed by atoms with van der Waals surface area (Å²) in [6.07, 6.45) is 5.34. The molecule has 0 atom stereocenters. The Balaban J connectivity index is 1.54. The summed E-state index contributed by atoms with van der Waals surface area (Å²) in [5.74, 6) is 2.09. The number of benzene rings is 1. The molecule has 1 fully saturated rings. The summed E-state index contributed by atoms with van der Waals surface area (Å²) in [5, 5.41) is 7.20. The third-order valence-corrected chi connectivity index (χ3v) is 4.49. The largest absolute Gasteiger partial charge is 0.457 e. The van der Waals surface area contributed by atoms with Crippen LogP contribution in [-0.4, -0.2) is 29.0 Å².